The lowest BCUT2D eigenvalue weighted by Crippen LogP contribution is -2.49. The van der Waals surface area contributed by atoms with Crippen molar-refractivity contribution < 1.29 is 9.59 Å². The standard InChI is InChI=1S/C23H28ClN5O2/c1-4-5-6-7-14(2)17-10-20(25-12-17)23(31)29-15(3)22(30)26-11-16-8-18(24)21-19(9-16)27-13-28-21/h4-9,13,15,17,20,25H,2,10-12H2,1,3H3,(H,26,30)(H,27,28)(H,29,31)/b5-4-,7-6-/t15-,17-,20+/m0/s1. The molecule has 1 fully saturated rings. The van der Waals surface area contributed by atoms with Crippen LogP contribution in [-0.2, 0) is 16.1 Å². The summed E-state index contributed by atoms with van der Waals surface area (Å²) in [4.78, 5) is 32.2. The molecule has 1 aromatic heterocycles. The maximum absolute atomic E-state index is 12.6. The molecule has 2 aromatic rings. The minimum Gasteiger partial charge on any atom is -0.350 e. The van der Waals surface area contributed by atoms with E-state index in [4.69, 9.17) is 11.6 Å². The van der Waals surface area contributed by atoms with E-state index in [0.29, 0.717) is 24.5 Å². The number of amides is 2. The molecule has 3 rings (SSSR count). The van der Waals surface area contributed by atoms with Crippen LogP contribution >= 0.6 is 11.6 Å². The maximum atomic E-state index is 12.6. The molecule has 1 saturated heterocycles. The van der Waals surface area contributed by atoms with Crippen molar-refractivity contribution in [3.05, 3.63) is 65.5 Å². The molecular weight excluding hydrogens is 414 g/mol. The molecule has 0 unspecified atom stereocenters. The molecule has 8 heteroatoms. The third-order valence-corrected chi connectivity index (χ3v) is 5.64. The van der Waals surface area contributed by atoms with Crippen molar-refractivity contribution in [1.29, 1.82) is 0 Å². The summed E-state index contributed by atoms with van der Waals surface area (Å²) < 4.78 is 0. The summed E-state index contributed by atoms with van der Waals surface area (Å²) in [5.41, 5.74) is 3.32. The Bertz CT molecular complexity index is 1030. The van der Waals surface area contributed by atoms with Gasteiger partial charge in [0.15, 0.2) is 0 Å². The predicted molar refractivity (Wildman–Crippen MR) is 124 cm³/mol. The lowest BCUT2D eigenvalue weighted by molar-refractivity contribution is -0.129. The van der Waals surface area contributed by atoms with Crippen LogP contribution in [0.15, 0.2) is 54.9 Å². The molecular formula is C23H28ClN5O2. The van der Waals surface area contributed by atoms with E-state index in [-0.39, 0.29) is 23.8 Å². The fourth-order valence-corrected chi connectivity index (χ4v) is 3.82. The highest BCUT2D eigenvalue weighted by molar-refractivity contribution is 6.35. The lowest BCUT2D eigenvalue weighted by atomic mass is 9.96. The molecule has 0 spiro atoms. The molecule has 1 aliphatic heterocycles. The number of aromatic amines is 1. The van der Waals surface area contributed by atoms with Crippen LogP contribution in [0.3, 0.4) is 0 Å². The van der Waals surface area contributed by atoms with Gasteiger partial charge in [-0.15, -0.1) is 0 Å². The van der Waals surface area contributed by atoms with Crippen LogP contribution in [0, 0.1) is 5.92 Å². The fraction of sp³-hybridized carbons (Fsp3) is 0.348. The molecule has 2 heterocycles. The summed E-state index contributed by atoms with van der Waals surface area (Å²) in [5.74, 6) is -0.251. The summed E-state index contributed by atoms with van der Waals surface area (Å²) >= 11 is 6.23. The minimum atomic E-state index is -0.657. The number of carbonyl (C=O) groups excluding carboxylic acids is 2. The van der Waals surface area contributed by atoms with E-state index in [0.717, 1.165) is 22.2 Å². The van der Waals surface area contributed by atoms with E-state index in [1.54, 1.807) is 19.3 Å². The molecule has 1 aromatic carbocycles. The van der Waals surface area contributed by atoms with E-state index in [2.05, 4.69) is 32.5 Å². The number of carbonyl (C=O) groups is 2. The number of H-pyrrole nitrogens is 1. The van der Waals surface area contributed by atoms with E-state index in [9.17, 15) is 9.59 Å². The number of imidazole rings is 1. The molecule has 1 aliphatic rings. The van der Waals surface area contributed by atoms with Crippen molar-refractivity contribution in [1.82, 2.24) is 25.9 Å². The van der Waals surface area contributed by atoms with Gasteiger partial charge < -0.3 is 20.9 Å². The van der Waals surface area contributed by atoms with Crippen molar-refractivity contribution in [3.8, 4) is 0 Å². The lowest BCUT2D eigenvalue weighted by Gasteiger charge is -2.17. The number of benzene rings is 1. The number of hydrogen-bond donors (Lipinski definition) is 4. The Hall–Kier alpha value is -2.90. The van der Waals surface area contributed by atoms with Gasteiger partial charge in [0.05, 0.1) is 28.4 Å². The number of allylic oxidation sites excluding steroid dienone is 4. The number of nitrogens with one attached hydrogen (secondary N) is 4. The van der Waals surface area contributed by atoms with Crippen LogP contribution in [0.5, 0.6) is 0 Å². The van der Waals surface area contributed by atoms with Crippen molar-refractivity contribution in [3.63, 3.8) is 0 Å². The van der Waals surface area contributed by atoms with E-state index < -0.39 is 6.04 Å². The number of rotatable bonds is 8. The zero-order valence-electron chi connectivity index (χ0n) is 17.7. The highest BCUT2D eigenvalue weighted by Gasteiger charge is 2.31. The average molecular weight is 442 g/mol. The Balaban J connectivity index is 1.47. The zero-order valence-corrected chi connectivity index (χ0v) is 18.5. The summed E-state index contributed by atoms with van der Waals surface area (Å²) in [6.45, 7) is 8.70. The molecule has 0 bridgehead atoms. The summed E-state index contributed by atoms with van der Waals surface area (Å²) in [6.07, 6.45) is 10.0. The molecule has 164 valence electrons. The SMILES string of the molecule is C=C(/C=C\C=C/C)[C@@H]1CN[C@@H](C(=O)N[C@@H](C)C(=O)NCc2cc(Cl)c3[nH]cnc3c2)C1. The summed E-state index contributed by atoms with van der Waals surface area (Å²) in [5, 5.41) is 9.39. The Morgan fingerprint density at radius 3 is 2.97 bits per heavy atom. The van der Waals surface area contributed by atoms with E-state index in [1.165, 1.54) is 0 Å². The third-order valence-electron chi connectivity index (χ3n) is 5.35. The molecule has 0 aliphatic carbocycles. The van der Waals surface area contributed by atoms with E-state index in [1.807, 2.05) is 37.3 Å². The van der Waals surface area contributed by atoms with Crippen molar-refractivity contribution >= 4 is 34.4 Å². The molecule has 0 saturated carbocycles. The second kappa shape index (κ2) is 10.4. The topological polar surface area (TPSA) is 98.9 Å². The van der Waals surface area contributed by atoms with Crippen LogP contribution in [0.25, 0.3) is 11.0 Å². The molecule has 4 N–H and O–H groups in total. The van der Waals surface area contributed by atoms with E-state index >= 15 is 0 Å². The first-order valence-electron chi connectivity index (χ1n) is 10.3. The van der Waals surface area contributed by atoms with Gasteiger partial charge in [-0.1, -0.05) is 48.1 Å². The first-order chi connectivity index (χ1) is 14.9. The Kier molecular flexibility index (Phi) is 7.65. The fourth-order valence-electron chi connectivity index (χ4n) is 3.53. The first-order valence-corrected chi connectivity index (χ1v) is 10.7. The maximum Gasteiger partial charge on any atom is 0.242 e. The van der Waals surface area contributed by atoms with Crippen molar-refractivity contribution in [2.75, 3.05) is 6.54 Å². The second-order valence-electron chi connectivity index (χ2n) is 7.68. The predicted octanol–water partition coefficient (Wildman–Crippen LogP) is 3.00. The van der Waals surface area contributed by atoms with Crippen molar-refractivity contribution in [2.24, 2.45) is 5.92 Å². The molecule has 2 amide bonds. The summed E-state index contributed by atoms with van der Waals surface area (Å²) in [6, 6.07) is 2.65. The molecule has 31 heavy (non-hydrogen) atoms. The average Bonchev–Trinajstić information content (AvgIpc) is 3.42. The molecule has 0 radical (unpaired) electrons. The highest BCUT2D eigenvalue weighted by atomic mass is 35.5. The van der Waals surface area contributed by atoms with Crippen LogP contribution in [0.2, 0.25) is 5.02 Å². The van der Waals surface area contributed by atoms with Gasteiger partial charge in [0, 0.05) is 13.1 Å². The summed E-state index contributed by atoms with van der Waals surface area (Å²) in [7, 11) is 0. The number of nitrogens with zero attached hydrogens (tertiary/aromatic N) is 1. The Morgan fingerprint density at radius 1 is 1.39 bits per heavy atom. The van der Waals surface area contributed by atoms with Gasteiger partial charge in [0.2, 0.25) is 11.8 Å². The second-order valence-corrected chi connectivity index (χ2v) is 8.08. The first kappa shape index (κ1) is 22.8. The van der Waals surface area contributed by atoms with Crippen LogP contribution < -0.4 is 16.0 Å². The van der Waals surface area contributed by atoms with Crippen molar-refractivity contribution in [2.45, 2.75) is 38.9 Å². The highest BCUT2D eigenvalue weighted by Crippen LogP contribution is 2.23. The number of fused-ring (bicyclic) bond motifs is 1. The molecule has 3 atom stereocenters. The number of aromatic nitrogens is 2. The van der Waals surface area contributed by atoms with Gasteiger partial charge in [0.1, 0.15) is 6.04 Å². The Labute approximate surface area is 187 Å². The van der Waals surface area contributed by atoms with Gasteiger partial charge in [0.25, 0.3) is 0 Å². The van der Waals surface area contributed by atoms with Crippen LogP contribution in [0.4, 0.5) is 0 Å². The minimum absolute atomic E-state index is 0.184. The van der Waals surface area contributed by atoms with Crippen LogP contribution in [0.1, 0.15) is 25.8 Å². The normalized spacial score (nSPS) is 19.8. The van der Waals surface area contributed by atoms with Gasteiger partial charge in [-0.3, -0.25) is 9.59 Å². The third kappa shape index (κ3) is 5.83. The monoisotopic (exact) mass is 441 g/mol. The van der Waals surface area contributed by atoms with Gasteiger partial charge in [-0.2, -0.15) is 0 Å². The molecule has 7 nitrogen and oxygen atoms in total. The van der Waals surface area contributed by atoms with Gasteiger partial charge in [-0.05, 0) is 43.9 Å². The Morgan fingerprint density at radius 2 is 2.19 bits per heavy atom. The smallest absolute Gasteiger partial charge is 0.242 e. The van der Waals surface area contributed by atoms with Gasteiger partial charge >= 0.3 is 0 Å². The van der Waals surface area contributed by atoms with Gasteiger partial charge in [-0.25, -0.2) is 4.98 Å². The number of hydrogen-bond acceptors (Lipinski definition) is 4. The largest absolute Gasteiger partial charge is 0.350 e. The zero-order chi connectivity index (χ0) is 22.4. The number of halogens is 1. The van der Waals surface area contributed by atoms with Crippen LogP contribution in [-0.4, -0.2) is 40.4 Å². The quantitative estimate of drug-likeness (QED) is 0.473.